The standard InChI is InChI=1S/C13H16N6/c14-10-5-9(7-16-8-10)11-6-12(18-13(15)17-11)19-3-1-2-4-19/h5-8H,1-4,14H2,(H2,15,17,18). The van der Waals surface area contributed by atoms with E-state index in [2.05, 4.69) is 19.9 Å². The molecule has 98 valence electrons. The predicted octanol–water partition coefficient (Wildman–Crippen LogP) is 1.30. The molecule has 1 aliphatic heterocycles. The Morgan fingerprint density at radius 1 is 1.00 bits per heavy atom. The molecular weight excluding hydrogens is 240 g/mol. The van der Waals surface area contributed by atoms with E-state index in [1.54, 1.807) is 12.4 Å². The summed E-state index contributed by atoms with van der Waals surface area (Å²) in [6.45, 7) is 2.04. The number of hydrogen-bond acceptors (Lipinski definition) is 6. The van der Waals surface area contributed by atoms with Gasteiger partial charge in [-0.2, -0.15) is 4.98 Å². The molecule has 0 radical (unpaired) electrons. The van der Waals surface area contributed by atoms with Crippen LogP contribution in [0.25, 0.3) is 11.3 Å². The van der Waals surface area contributed by atoms with E-state index in [9.17, 15) is 0 Å². The summed E-state index contributed by atoms with van der Waals surface area (Å²) in [6, 6.07) is 3.78. The second-order valence-electron chi connectivity index (χ2n) is 4.67. The van der Waals surface area contributed by atoms with Crippen molar-refractivity contribution in [2.75, 3.05) is 29.5 Å². The lowest BCUT2D eigenvalue weighted by Gasteiger charge is -2.17. The second kappa shape index (κ2) is 4.72. The third-order valence-corrected chi connectivity index (χ3v) is 3.22. The Morgan fingerprint density at radius 3 is 2.53 bits per heavy atom. The van der Waals surface area contributed by atoms with Crippen molar-refractivity contribution < 1.29 is 0 Å². The van der Waals surface area contributed by atoms with E-state index in [-0.39, 0.29) is 5.95 Å². The van der Waals surface area contributed by atoms with Gasteiger partial charge in [0.2, 0.25) is 5.95 Å². The van der Waals surface area contributed by atoms with E-state index >= 15 is 0 Å². The highest BCUT2D eigenvalue weighted by Crippen LogP contribution is 2.25. The summed E-state index contributed by atoms with van der Waals surface area (Å²) in [5, 5.41) is 0. The average Bonchev–Trinajstić information content (AvgIpc) is 2.92. The van der Waals surface area contributed by atoms with E-state index in [1.807, 2.05) is 12.1 Å². The van der Waals surface area contributed by atoms with Crippen molar-refractivity contribution in [2.24, 2.45) is 0 Å². The maximum atomic E-state index is 5.80. The van der Waals surface area contributed by atoms with Gasteiger partial charge in [0.1, 0.15) is 5.82 Å². The molecular formula is C13H16N6. The first-order chi connectivity index (χ1) is 9.22. The molecule has 19 heavy (non-hydrogen) atoms. The molecule has 1 saturated heterocycles. The van der Waals surface area contributed by atoms with E-state index < -0.39 is 0 Å². The molecule has 0 aliphatic carbocycles. The van der Waals surface area contributed by atoms with Crippen molar-refractivity contribution in [3.63, 3.8) is 0 Å². The number of nitrogen functional groups attached to an aromatic ring is 2. The van der Waals surface area contributed by atoms with E-state index in [0.29, 0.717) is 5.69 Å². The van der Waals surface area contributed by atoms with Gasteiger partial charge >= 0.3 is 0 Å². The first kappa shape index (κ1) is 11.7. The Bertz CT molecular complexity index is 591. The van der Waals surface area contributed by atoms with Gasteiger partial charge in [-0.15, -0.1) is 0 Å². The van der Waals surface area contributed by atoms with Gasteiger partial charge in [-0.3, -0.25) is 4.98 Å². The fraction of sp³-hybridized carbons (Fsp3) is 0.308. The van der Waals surface area contributed by atoms with Crippen LogP contribution in [0.2, 0.25) is 0 Å². The highest BCUT2D eigenvalue weighted by molar-refractivity contribution is 5.66. The summed E-state index contributed by atoms with van der Waals surface area (Å²) in [4.78, 5) is 14.9. The third kappa shape index (κ3) is 2.42. The van der Waals surface area contributed by atoms with Crippen molar-refractivity contribution in [2.45, 2.75) is 12.8 Å². The normalized spacial score (nSPS) is 14.8. The van der Waals surface area contributed by atoms with Gasteiger partial charge in [-0.05, 0) is 18.9 Å². The molecule has 1 aliphatic rings. The zero-order valence-electron chi connectivity index (χ0n) is 10.6. The molecule has 0 spiro atoms. The average molecular weight is 256 g/mol. The van der Waals surface area contributed by atoms with Crippen LogP contribution < -0.4 is 16.4 Å². The first-order valence-corrected chi connectivity index (χ1v) is 6.33. The minimum atomic E-state index is 0.279. The number of nitrogens with zero attached hydrogens (tertiary/aromatic N) is 4. The number of aromatic nitrogens is 3. The number of nitrogens with two attached hydrogens (primary N) is 2. The molecule has 0 unspecified atom stereocenters. The smallest absolute Gasteiger partial charge is 0.222 e. The molecule has 3 rings (SSSR count). The molecule has 0 saturated carbocycles. The third-order valence-electron chi connectivity index (χ3n) is 3.22. The highest BCUT2D eigenvalue weighted by atomic mass is 15.2. The Balaban J connectivity index is 2.01. The number of rotatable bonds is 2. The van der Waals surface area contributed by atoms with Crippen molar-refractivity contribution in [3.05, 3.63) is 24.5 Å². The number of hydrogen-bond donors (Lipinski definition) is 2. The SMILES string of the molecule is Nc1cncc(-c2cc(N3CCCC3)nc(N)n2)c1. The van der Waals surface area contributed by atoms with Crippen LogP contribution in [0.15, 0.2) is 24.5 Å². The monoisotopic (exact) mass is 256 g/mol. The van der Waals surface area contributed by atoms with Crippen LogP contribution in [0.4, 0.5) is 17.5 Å². The van der Waals surface area contributed by atoms with Gasteiger partial charge < -0.3 is 16.4 Å². The molecule has 0 atom stereocenters. The van der Waals surface area contributed by atoms with Crippen LogP contribution in [-0.2, 0) is 0 Å². The van der Waals surface area contributed by atoms with Gasteiger partial charge in [0.25, 0.3) is 0 Å². The second-order valence-corrected chi connectivity index (χ2v) is 4.67. The summed E-state index contributed by atoms with van der Waals surface area (Å²) in [6.07, 6.45) is 5.72. The molecule has 2 aromatic rings. The van der Waals surface area contributed by atoms with Crippen molar-refractivity contribution in [1.29, 1.82) is 0 Å². The van der Waals surface area contributed by atoms with Gasteiger partial charge in [0, 0.05) is 37.1 Å². The van der Waals surface area contributed by atoms with E-state index in [1.165, 1.54) is 12.8 Å². The van der Waals surface area contributed by atoms with Crippen LogP contribution in [0.1, 0.15) is 12.8 Å². The Hall–Kier alpha value is -2.37. The van der Waals surface area contributed by atoms with E-state index in [4.69, 9.17) is 11.5 Å². The minimum absolute atomic E-state index is 0.279. The summed E-state index contributed by atoms with van der Waals surface area (Å²) in [7, 11) is 0. The van der Waals surface area contributed by atoms with Crippen LogP contribution >= 0.6 is 0 Å². The Kier molecular flexibility index (Phi) is 2.91. The Morgan fingerprint density at radius 2 is 1.79 bits per heavy atom. The molecule has 0 aromatic carbocycles. The summed E-state index contributed by atoms with van der Waals surface area (Å²) in [5.41, 5.74) is 13.8. The van der Waals surface area contributed by atoms with Crippen molar-refractivity contribution in [1.82, 2.24) is 15.0 Å². The molecule has 2 aromatic heterocycles. The predicted molar refractivity (Wildman–Crippen MR) is 75.5 cm³/mol. The molecule has 0 amide bonds. The fourth-order valence-corrected chi connectivity index (χ4v) is 2.31. The lowest BCUT2D eigenvalue weighted by molar-refractivity contribution is 0.932. The Labute approximate surface area is 111 Å². The molecule has 4 N–H and O–H groups in total. The van der Waals surface area contributed by atoms with Gasteiger partial charge in [-0.25, -0.2) is 4.98 Å². The topological polar surface area (TPSA) is 94.0 Å². The van der Waals surface area contributed by atoms with E-state index in [0.717, 1.165) is 30.2 Å². The van der Waals surface area contributed by atoms with Crippen LogP contribution in [0.3, 0.4) is 0 Å². The van der Waals surface area contributed by atoms with Crippen LogP contribution in [0.5, 0.6) is 0 Å². The zero-order chi connectivity index (χ0) is 13.2. The number of anilines is 3. The molecule has 0 bridgehead atoms. The molecule has 3 heterocycles. The van der Waals surface area contributed by atoms with Crippen molar-refractivity contribution in [3.8, 4) is 11.3 Å². The quantitative estimate of drug-likeness (QED) is 0.841. The highest BCUT2D eigenvalue weighted by Gasteiger charge is 2.15. The molecule has 6 heteroatoms. The lowest BCUT2D eigenvalue weighted by atomic mass is 10.2. The molecule has 6 nitrogen and oxygen atoms in total. The maximum Gasteiger partial charge on any atom is 0.222 e. The van der Waals surface area contributed by atoms with Crippen LogP contribution in [0, 0.1) is 0 Å². The van der Waals surface area contributed by atoms with Gasteiger partial charge in [-0.1, -0.05) is 0 Å². The minimum Gasteiger partial charge on any atom is -0.397 e. The summed E-state index contributed by atoms with van der Waals surface area (Å²) >= 11 is 0. The lowest BCUT2D eigenvalue weighted by Crippen LogP contribution is -2.19. The summed E-state index contributed by atoms with van der Waals surface area (Å²) in [5.74, 6) is 1.16. The zero-order valence-corrected chi connectivity index (χ0v) is 10.6. The fourth-order valence-electron chi connectivity index (χ4n) is 2.31. The van der Waals surface area contributed by atoms with Crippen molar-refractivity contribution >= 4 is 17.5 Å². The van der Waals surface area contributed by atoms with Gasteiger partial charge in [0.15, 0.2) is 0 Å². The number of pyridine rings is 1. The molecule has 1 fully saturated rings. The largest absolute Gasteiger partial charge is 0.397 e. The van der Waals surface area contributed by atoms with Gasteiger partial charge in [0.05, 0.1) is 11.4 Å². The maximum absolute atomic E-state index is 5.80. The first-order valence-electron chi connectivity index (χ1n) is 6.33. The van der Waals surface area contributed by atoms with Crippen LogP contribution in [-0.4, -0.2) is 28.0 Å². The summed E-state index contributed by atoms with van der Waals surface area (Å²) < 4.78 is 0.